The van der Waals surface area contributed by atoms with Gasteiger partial charge < -0.3 is 0 Å². The van der Waals surface area contributed by atoms with Crippen LogP contribution in [0.3, 0.4) is 0 Å². The molecular weight excluding hydrogens is 129 g/mol. The summed E-state index contributed by atoms with van der Waals surface area (Å²) in [6, 6.07) is 1.39. The zero-order valence-corrected chi connectivity index (χ0v) is 5.76. The first-order valence-corrected chi connectivity index (χ1v) is 2.98. The van der Waals surface area contributed by atoms with Crippen LogP contribution in [-0.2, 0) is 0 Å². The van der Waals surface area contributed by atoms with Crippen LogP contribution in [0.5, 0.6) is 0 Å². The van der Waals surface area contributed by atoms with E-state index in [-0.39, 0.29) is 0 Å². The Labute approximate surface area is 59.2 Å². The maximum atomic E-state index is 12.3. The summed E-state index contributed by atoms with van der Waals surface area (Å²) < 4.78 is 12.3. The quantitative estimate of drug-likeness (QED) is 0.540. The number of aromatic nitrogens is 1. The summed E-state index contributed by atoms with van der Waals surface area (Å²) in [7, 11) is 0. The Balaban J connectivity index is 3.19. The Morgan fingerprint density at radius 1 is 1.70 bits per heavy atom. The van der Waals surface area contributed by atoms with Crippen LogP contribution < -0.4 is 0 Å². The Hall–Kier alpha value is -1.18. The van der Waals surface area contributed by atoms with Crippen LogP contribution in [0.2, 0.25) is 0 Å². The van der Waals surface area contributed by atoms with Crippen LogP contribution in [0, 0.1) is 12.9 Å². The molecule has 1 aromatic heterocycles. The second-order valence-corrected chi connectivity index (χ2v) is 2.07. The third-order valence-corrected chi connectivity index (χ3v) is 1.34. The molecule has 1 rings (SSSR count). The van der Waals surface area contributed by atoms with Gasteiger partial charge in [0.25, 0.3) is 0 Å². The molecule has 0 aliphatic heterocycles. The van der Waals surface area contributed by atoms with E-state index < -0.39 is 5.95 Å². The molecule has 1 heterocycles. The summed E-state index contributed by atoms with van der Waals surface area (Å²) in [5.74, 6) is -0.442. The molecule has 0 aliphatic carbocycles. The van der Waals surface area contributed by atoms with Gasteiger partial charge in [0, 0.05) is 6.20 Å². The fraction of sp³-hybridized carbons (Fsp3) is 0.125. The van der Waals surface area contributed by atoms with Crippen LogP contribution >= 0.6 is 0 Å². The minimum absolute atomic E-state index is 0.442. The van der Waals surface area contributed by atoms with E-state index in [1.165, 1.54) is 12.3 Å². The summed E-state index contributed by atoms with van der Waals surface area (Å²) in [6.07, 6.45) is 3.12. The van der Waals surface area contributed by atoms with Crippen LogP contribution in [0.15, 0.2) is 18.8 Å². The van der Waals surface area contributed by atoms with Gasteiger partial charge in [-0.3, -0.25) is 0 Å². The minimum Gasteiger partial charge on any atom is -0.228 e. The highest BCUT2D eigenvalue weighted by Crippen LogP contribution is 2.07. The molecule has 0 spiro atoms. The standard InChI is InChI=1S/C8H8FN/c1-3-7-5-10-8(9)4-6(7)2/h3-5H,1H2,2H3. The lowest BCUT2D eigenvalue weighted by atomic mass is 10.2. The maximum Gasteiger partial charge on any atom is 0.213 e. The van der Waals surface area contributed by atoms with Crippen molar-refractivity contribution in [3.05, 3.63) is 35.9 Å². The van der Waals surface area contributed by atoms with Crippen molar-refractivity contribution in [3.63, 3.8) is 0 Å². The SMILES string of the molecule is C=Cc1cnc(F)cc1C. The molecule has 0 fully saturated rings. The lowest BCUT2D eigenvalue weighted by Gasteiger charge is -1.96. The van der Waals surface area contributed by atoms with Crippen molar-refractivity contribution in [1.82, 2.24) is 4.98 Å². The highest BCUT2D eigenvalue weighted by molar-refractivity contribution is 5.49. The Morgan fingerprint density at radius 3 is 2.90 bits per heavy atom. The number of aryl methyl sites for hydroxylation is 1. The van der Waals surface area contributed by atoms with Gasteiger partial charge in [-0.05, 0) is 24.1 Å². The van der Waals surface area contributed by atoms with Crippen LogP contribution in [0.1, 0.15) is 11.1 Å². The van der Waals surface area contributed by atoms with E-state index >= 15 is 0 Å². The average molecular weight is 137 g/mol. The van der Waals surface area contributed by atoms with Gasteiger partial charge in [-0.1, -0.05) is 12.7 Å². The first kappa shape index (κ1) is 6.93. The summed E-state index contributed by atoms with van der Waals surface area (Å²) in [6.45, 7) is 5.38. The number of nitrogens with zero attached hydrogens (tertiary/aromatic N) is 1. The van der Waals surface area contributed by atoms with E-state index in [9.17, 15) is 4.39 Å². The highest BCUT2D eigenvalue weighted by Gasteiger charge is 1.95. The molecule has 0 aromatic carbocycles. The molecule has 0 bridgehead atoms. The van der Waals surface area contributed by atoms with E-state index in [4.69, 9.17) is 0 Å². The fourth-order valence-electron chi connectivity index (χ4n) is 0.746. The van der Waals surface area contributed by atoms with Crippen LogP contribution in [0.25, 0.3) is 6.08 Å². The number of rotatable bonds is 1. The van der Waals surface area contributed by atoms with Crippen molar-refractivity contribution in [2.75, 3.05) is 0 Å². The molecule has 0 atom stereocenters. The number of halogens is 1. The van der Waals surface area contributed by atoms with Gasteiger partial charge in [-0.25, -0.2) is 4.98 Å². The first-order valence-electron chi connectivity index (χ1n) is 2.98. The van der Waals surface area contributed by atoms with Crippen LogP contribution in [0.4, 0.5) is 4.39 Å². The van der Waals surface area contributed by atoms with Crippen molar-refractivity contribution >= 4 is 6.08 Å². The summed E-state index contributed by atoms with van der Waals surface area (Å²) >= 11 is 0. The van der Waals surface area contributed by atoms with E-state index in [1.807, 2.05) is 6.92 Å². The molecule has 0 N–H and O–H groups in total. The third-order valence-electron chi connectivity index (χ3n) is 1.34. The van der Waals surface area contributed by atoms with Crippen molar-refractivity contribution in [2.24, 2.45) is 0 Å². The monoisotopic (exact) mass is 137 g/mol. The molecule has 10 heavy (non-hydrogen) atoms. The Bertz CT molecular complexity index is 255. The lowest BCUT2D eigenvalue weighted by Crippen LogP contribution is -1.86. The van der Waals surface area contributed by atoms with E-state index in [0.717, 1.165) is 11.1 Å². The largest absolute Gasteiger partial charge is 0.228 e. The Morgan fingerprint density at radius 2 is 2.40 bits per heavy atom. The molecule has 1 aromatic rings. The highest BCUT2D eigenvalue weighted by atomic mass is 19.1. The summed E-state index contributed by atoms with van der Waals surface area (Å²) in [5.41, 5.74) is 1.74. The van der Waals surface area contributed by atoms with Crippen molar-refractivity contribution < 1.29 is 4.39 Å². The topological polar surface area (TPSA) is 12.9 Å². The molecule has 0 unspecified atom stereocenters. The second kappa shape index (κ2) is 2.60. The zero-order chi connectivity index (χ0) is 7.56. The summed E-state index contributed by atoms with van der Waals surface area (Å²) in [4.78, 5) is 3.47. The third kappa shape index (κ3) is 1.21. The van der Waals surface area contributed by atoms with Gasteiger partial charge in [0.2, 0.25) is 5.95 Å². The molecule has 0 amide bonds. The van der Waals surface area contributed by atoms with E-state index in [2.05, 4.69) is 11.6 Å². The van der Waals surface area contributed by atoms with Crippen molar-refractivity contribution in [2.45, 2.75) is 6.92 Å². The molecule has 0 saturated carbocycles. The normalized spacial score (nSPS) is 9.40. The second-order valence-electron chi connectivity index (χ2n) is 2.07. The molecule has 2 heteroatoms. The summed E-state index contributed by atoms with van der Waals surface area (Å²) in [5, 5.41) is 0. The van der Waals surface area contributed by atoms with Gasteiger partial charge in [0.1, 0.15) is 0 Å². The van der Waals surface area contributed by atoms with Crippen molar-refractivity contribution in [3.8, 4) is 0 Å². The molecule has 0 saturated heterocycles. The zero-order valence-electron chi connectivity index (χ0n) is 5.76. The smallest absolute Gasteiger partial charge is 0.213 e. The van der Waals surface area contributed by atoms with Gasteiger partial charge in [0.15, 0.2) is 0 Å². The van der Waals surface area contributed by atoms with E-state index in [1.54, 1.807) is 6.08 Å². The van der Waals surface area contributed by atoms with Gasteiger partial charge in [-0.15, -0.1) is 0 Å². The number of hydrogen-bond acceptors (Lipinski definition) is 1. The number of pyridine rings is 1. The molecule has 1 nitrogen and oxygen atoms in total. The first-order chi connectivity index (χ1) is 4.74. The minimum atomic E-state index is -0.442. The molecule has 0 radical (unpaired) electrons. The molecule has 0 aliphatic rings. The molecular formula is C8H8FN. The fourth-order valence-corrected chi connectivity index (χ4v) is 0.746. The van der Waals surface area contributed by atoms with Gasteiger partial charge in [-0.2, -0.15) is 4.39 Å². The van der Waals surface area contributed by atoms with Crippen LogP contribution in [-0.4, -0.2) is 4.98 Å². The maximum absolute atomic E-state index is 12.3. The lowest BCUT2D eigenvalue weighted by molar-refractivity contribution is 0.582. The molecule has 52 valence electrons. The average Bonchev–Trinajstić information content (AvgIpc) is 1.88. The van der Waals surface area contributed by atoms with Gasteiger partial charge >= 0.3 is 0 Å². The Kier molecular flexibility index (Phi) is 1.81. The number of hydrogen-bond donors (Lipinski definition) is 0. The predicted octanol–water partition coefficient (Wildman–Crippen LogP) is 2.17. The van der Waals surface area contributed by atoms with Crippen molar-refractivity contribution in [1.29, 1.82) is 0 Å². The van der Waals surface area contributed by atoms with E-state index in [0.29, 0.717) is 0 Å². The predicted molar refractivity (Wildman–Crippen MR) is 39.0 cm³/mol. The van der Waals surface area contributed by atoms with Gasteiger partial charge in [0.05, 0.1) is 0 Å².